The molecule has 1 aliphatic carbocycles. The second-order valence-electron chi connectivity index (χ2n) is 7.15. The summed E-state index contributed by atoms with van der Waals surface area (Å²) in [5, 5.41) is 2.71. The van der Waals surface area contributed by atoms with Gasteiger partial charge in [0, 0.05) is 12.1 Å². The van der Waals surface area contributed by atoms with Gasteiger partial charge < -0.3 is 5.32 Å². The van der Waals surface area contributed by atoms with Crippen LogP contribution in [0.2, 0.25) is 0 Å². The van der Waals surface area contributed by atoms with E-state index >= 15 is 0 Å². The first-order valence-corrected chi connectivity index (χ1v) is 10.8. The molecule has 5 nitrogen and oxygen atoms in total. The molecule has 27 heavy (non-hydrogen) atoms. The van der Waals surface area contributed by atoms with Gasteiger partial charge in [0.1, 0.15) is 11.9 Å². The average Bonchev–Trinajstić information content (AvgIpc) is 2.93. The molecular weight excluding hydrogens is 367 g/mol. The van der Waals surface area contributed by atoms with Gasteiger partial charge in [-0.25, -0.2) is 4.39 Å². The number of thioether (sulfide) groups is 1. The number of nitrogens with one attached hydrogen (secondary N) is 1. The number of benzene rings is 1. The van der Waals surface area contributed by atoms with Crippen molar-refractivity contribution < 1.29 is 18.8 Å². The molecule has 0 unspecified atom stereocenters. The lowest BCUT2D eigenvalue weighted by molar-refractivity contribution is -0.148. The minimum absolute atomic E-state index is 0.0321. The quantitative estimate of drug-likeness (QED) is 0.725. The summed E-state index contributed by atoms with van der Waals surface area (Å²) in [7, 11) is 0. The second-order valence-corrected chi connectivity index (χ2v) is 8.14. The first-order valence-electron chi connectivity index (χ1n) is 9.41. The maximum Gasteiger partial charge on any atom is 0.243 e. The number of fused-ring (bicyclic) bond motifs is 1. The lowest BCUT2D eigenvalue weighted by Crippen LogP contribution is -2.50. The molecule has 1 saturated carbocycles. The van der Waals surface area contributed by atoms with Crippen LogP contribution in [0.1, 0.15) is 37.7 Å². The summed E-state index contributed by atoms with van der Waals surface area (Å²) in [6, 6.07) is 5.41. The van der Waals surface area contributed by atoms with Gasteiger partial charge >= 0.3 is 0 Å². The highest BCUT2D eigenvalue weighted by Crippen LogP contribution is 2.39. The molecule has 0 bridgehead atoms. The largest absolute Gasteiger partial charge is 0.350 e. The van der Waals surface area contributed by atoms with Crippen molar-refractivity contribution in [3.8, 4) is 0 Å². The van der Waals surface area contributed by atoms with Gasteiger partial charge in [-0.1, -0.05) is 31.0 Å². The van der Waals surface area contributed by atoms with Crippen LogP contribution in [-0.4, -0.2) is 40.7 Å². The Kier molecular flexibility index (Phi) is 6.52. The number of hydrogen-bond acceptors (Lipinski definition) is 4. The van der Waals surface area contributed by atoms with E-state index in [1.54, 1.807) is 30.0 Å². The Hall–Kier alpha value is -1.89. The number of nitrogens with zero attached hydrogens (tertiary/aromatic N) is 1. The fraction of sp³-hybridized carbons (Fsp3) is 0.550. The Balaban J connectivity index is 1.74. The minimum atomic E-state index is -0.824. The van der Waals surface area contributed by atoms with E-state index in [0.29, 0.717) is 17.7 Å². The monoisotopic (exact) mass is 392 g/mol. The third-order valence-electron chi connectivity index (χ3n) is 5.50. The predicted octanol–water partition coefficient (Wildman–Crippen LogP) is 2.74. The molecule has 3 rings (SSSR count). The van der Waals surface area contributed by atoms with Crippen LogP contribution in [0.25, 0.3) is 0 Å². The van der Waals surface area contributed by atoms with E-state index in [9.17, 15) is 18.8 Å². The molecule has 2 aliphatic rings. The van der Waals surface area contributed by atoms with Crippen molar-refractivity contribution in [2.24, 2.45) is 11.8 Å². The molecule has 1 heterocycles. The van der Waals surface area contributed by atoms with E-state index in [4.69, 9.17) is 0 Å². The molecule has 7 heteroatoms. The fourth-order valence-electron chi connectivity index (χ4n) is 4.04. The van der Waals surface area contributed by atoms with Gasteiger partial charge in [-0.2, -0.15) is 11.8 Å². The number of amides is 3. The first-order chi connectivity index (χ1) is 13.0. The molecule has 1 aliphatic heterocycles. The molecule has 1 aromatic rings. The Morgan fingerprint density at radius 3 is 2.44 bits per heavy atom. The summed E-state index contributed by atoms with van der Waals surface area (Å²) in [6.07, 6.45) is 5.66. The highest BCUT2D eigenvalue weighted by molar-refractivity contribution is 7.98. The van der Waals surface area contributed by atoms with Crippen molar-refractivity contribution in [3.05, 3.63) is 35.6 Å². The molecule has 0 spiro atoms. The Morgan fingerprint density at radius 1 is 1.22 bits per heavy atom. The zero-order valence-corrected chi connectivity index (χ0v) is 16.3. The molecule has 0 aromatic heterocycles. The van der Waals surface area contributed by atoms with Crippen molar-refractivity contribution in [2.45, 2.75) is 44.7 Å². The average molecular weight is 392 g/mol. The summed E-state index contributed by atoms with van der Waals surface area (Å²) >= 11 is 1.56. The van der Waals surface area contributed by atoms with E-state index in [1.165, 1.54) is 11.0 Å². The van der Waals surface area contributed by atoms with Gasteiger partial charge in [0.2, 0.25) is 17.7 Å². The number of rotatable bonds is 7. The number of hydrogen-bond donors (Lipinski definition) is 1. The van der Waals surface area contributed by atoms with Crippen LogP contribution < -0.4 is 5.32 Å². The van der Waals surface area contributed by atoms with Crippen LogP contribution in [0.15, 0.2) is 24.3 Å². The van der Waals surface area contributed by atoms with Gasteiger partial charge in [-0.3, -0.25) is 19.3 Å². The van der Waals surface area contributed by atoms with Gasteiger partial charge in [-0.15, -0.1) is 0 Å². The molecular formula is C20H25FN2O3S. The van der Waals surface area contributed by atoms with Crippen molar-refractivity contribution in [1.82, 2.24) is 10.2 Å². The molecule has 1 N–H and O–H groups in total. The van der Waals surface area contributed by atoms with E-state index < -0.39 is 17.8 Å². The molecule has 146 valence electrons. The van der Waals surface area contributed by atoms with Crippen molar-refractivity contribution in [2.75, 3.05) is 12.0 Å². The highest BCUT2D eigenvalue weighted by atomic mass is 32.2. The second kappa shape index (κ2) is 8.87. The van der Waals surface area contributed by atoms with Gasteiger partial charge in [0.15, 0.2) is 0 Å². The van der Waals surface area contributed by atoms with Gasteiger partial charge in [-0.05, 0) is 37.3 Å². The normalized spacial score (nSPS) is 23.3. The summed E-state index contributed by atoms with van der Waals surface area (Å²) < 4.78 is 13.8. The molecule has 2 fully saturated rings. The van der Waals surface area contributed by atoms with Crippen LogP contribution in [0, 0.1) is 17.7 Å². The highest BCUT2D eigenvalue weighted by Gasteiger charge is 2.51. The van der Waals surface area contributed by atoms with Gasteiger partial charge in [0.05, 0.1) is 11.8 Å². The Morgan fingerprint density at radius 2 is 1.85 bits per heavy atom. The maximum atomic E-state index is 13.8. The number of likely N-dealkylation sites (tertiary alicyclic amines) is 1. The lowest BCUT2D eigenvalue weighted by Gasteiger charge is -2.26. The number of halogens is 1. The van der Waals surface area contributed by atoms with E-state index in [-0.39, 0.29) is 30.2 Å². The maximum absolute atomic E-state index is 13.8. The number of imide groups is 1. The first kappa shape index (κ1) is 19.9. The summed E-state index contributed by atoms with van der Waals surface area (Å²) in [4.78, 5) is 39.7. The van der Waals surface area contributed by atoms with Crippen LogP contribution in [0.5, 0.6) is 0 Å². The molecule has 3 atom stereocenters. The molecule has 1 saturated heterocycles. The Labute approximate surface area is 163 Å². The SMILES string of the molecule is CSCC[C@H](C(=O)NCc1ccccc1F)N1C(=O)[C@@H]2CCCC[C@H]2C1=O. The smallest absolute Gasteiger partial charge is 0.243 e. The van der Waals surface area contributed by atoms with Crippen molar-refractivity contribution in [1.29, 1.82) is 0 Å². The third-order valence-corrected chi connectivity index (χ3v) is 6.14. The fourth-order valence-corrected chi connectivity index (χ4v) is 4.50. The van der Waals surface area contributed by atoms with Crippen LogP contribution in [0.3, 0.4) is 0 Å². The number of carbonyl (C=O) groups excluding carboxylic acids is 3. The number of carbonyl (C=O) groups is 3. The molecule has 1 aromatic carbocycles. The summed E-state index contributed by atoms with van der Waals surface area (Å²) in [5.74, 6) is -1.10. The zero-order valence-electron chi connectivity index (χ0n) is 15.4. The lowest BCUT2D eigenvalue weighted by atomic mass is 9.81. The van der Waals surface area contributed by atoms with E-state index in [2.05, 4.69) is 5.32 Å². The Bertz CT molecular complexity index is 703. The van der Waals surface area contributed by atoms with Crippen molar-refractivity contribution in [3.63, 3.8) is 0 Å². The summed E-state index contributed by atoms with van der Waals surface area (Å²) in [6.45, 7) is 0.0321. The minimum Gasteiger partial charge on any atom is -0.350 e. The van der Waals surface area contributed by atoms with Crippen molar-refractivity contribution >= 4 is 29.5 Å². The predicted molar refractivity (Wildman–Crippen MR) is 102 cm³/mol. The van der Waals surface area contributed by atoms with Crippen LogP contribution in [-0.2, 0) is 20.9 Å². The van der Waals surface area contributed by atoms with Crippen LogP contribution >= 0.6 is 11.8 Å². The van der Waals surface area contributed by atoms with Crippen LogP contribution in [0.4, 0.5) is 4.39 Å². The molecule has 3 amide bonds. The third kappa shape index (κ3) is 4.18. The zero-order chi connectivity index (χ0) is 19.4. The van der Waals surface area contributed by atoms with E-state index in [1.807, 2.05) is 6.26 Å². The summed E-state index contributed by atoms with van der Waals surface area (Å²) in [5.41, 5.74) is 0.377. The topological polar surface area (TPSA) is 66.5 Å². The van der Waals surface area contributed by atoms with E-state index in [0.717, 1.165) is 25.7 Å². The standard InChI is InChI=1S/C20H25FN2O3S/c1-27-11-10-17(18(24)22-12-13-6-2-5-9-16(13)21)23-19(25)14-7-3-4-8-15(14)20(23)26/h2,5-6,9,14-15,17H,3-4,7-8,10-12H2,1H3,(H,22,24)/t14-,15-,17-/m1/s1. The van der Waals surface area contributed by atoms with Gasteiger partial charge in [0.25, 0.3) is 0 Å². The molecule has 0 radical (unpaired) electrons.